The first-order chi connectivity index (χ1) is 13.3. The Balaban J connectivity index is 1.46. The molecular formula is C22H32N4O. The fourth-order valence-electron chi connectivity index (χ4n) is 3.76. The number of rotatable bonds is 9. The van der Waals surface area contributed by atoms with Gasteiger partial charge in [0, 0.05) is 37.7 Å². The molecule has 2 heterocycles. The molecule has 3 rings (SSSR count). The quantitative estimate of drug-likeness (QED) is 0.685. The van der Waals surface area contributed by atoms with Crippen LogP contribution in [-0.4, -0.2) is 40.0 Å². The molecule has 1 atom stereocenters. The van der Waals surface area contributed by atoms with Crippen molar-refractivity contribution in [3.05, 3.63) is 48.5 Å². The van der Waals surface area contributed by atoms with Gasteiger partial charge in [0.05, 0.1) is 12.2 Å². The van der Waals surface area contributed by atoms with Gasteiger partial charge in [-0.05, 0) is 43.5 Å². The van der Waals surface area contributed by atoms with E-state index in [1.54, 1.807) is 6.20 Å². The molecular weight excluding hydrogens is 336 g/mol. The average molecular weight is 369 g/mol. The van der Waals surface area contributed by atoms with Crippen LogP contribution in [0.2, 0.25) is 0 Å². The molecule has 0 saturated carbocycles. The molecule has 0 spiro atoms. The van der Waals surface area contributed by atoms with Crippen LogP contribution < -0.4 is 5.32 Å². The van der Waals surface area contributed by atoms with E-state index in [0.29, 0.717) is 0 Å². The Morgan fingerprint density at radius 3 is 2.81 bits per heavy atom. The molecule has 1 N–H and O–H groups in total. The van der Waals surface area contributed by atoms with Crippen molar-refractivity contribution in [2.45, 2.75) is 52.0 Å². The molecule has 0 bridgehead atoms. The van der Waals surface area contributed by atoms with Crippen molar-refractivity contribution in [1.29, 1.82) is 0 Å². The predicted octanol–water partition coefficient (Wildman–Crippen LogP) is 3.78. The third-order valence-electron chi connectivity index (χ3n) is 5.35. The van der Waals surface area contributed by atoms with Crippen molar-refractivity contribution in [3.63, 3.8) is 0 Å². The van der Waals surface area contributed by atoms with Gasteiger partial charge in [0.2, 0.25) is 5.91 Å². The number of unbranched alkanes of at least 4 members (excludes halogenated alkanes) is 3. The molecule has 2 aromatic rings. The lowest BCUT2D eigenvalue weighted by Gasteiger charge is -2.32. The summed E-state index contributed by atoms with van der Waals surface area (Å²) in [6, 6.07) is 8.60. The van der Waals surface area contributed by atoms with Gasteiger partial charge in [-0.3, -0.25) is 9.69 Å². The third-order valence-corrected chi connectivity index (χ3v) is 5.35. The van der Waals surface area contributed by atoms with Gasteiger partial charge in [-0.2, -0.15) is 0 Å². The van der Waals surface area contributed by atoms with Gasteiger partial charge in [-0.15, -0.1) is 0 Å². The van der Waals surface area contributed by atoms with Crippen LogP contribution >= 0.6 is 0 Å². The van der Waals surface area contributed by atoms with E-state index in [2.05, 4.69) is 46.4 Å². The van der Waals surface area contributed by atoms with Crippen molar-refractivity contribution >= 4 is 5.91 Å². The highest BCUT2D eigenvalue weighted by molar-refractivity contribution is 5.78. The normalized spacial score (nSPS) is 17.7. The third kappa shape index (κ3) is 5.93. The first-order valence-corrected chi connectivity index (χ1v) is 10.3. The first kappa shape index (κ1) is 19.6. The van der Waals surface area contributed by atoms with Crippen LogP contribution in [0.25, 0.3) is 5.69 Å². The van der Waals surface area contributed by atoms with Crippen LogP contribution in [0.3, 0.4) is 0 Å². The second-order valence-electron chi connectivity index (χ2n) is 7.56. The molecule has 5 heteroatoms. The Hall–Kier alpha value is -2.14. The molecule has 1 amide bonds. The number of aromatic nitrogens is 2. The first-order valence-electron chi connectivity index (χ1n) is 10.3. The second-order valence-corrected chi connectivity index (χ2v) is 7.56. The molecule has 1 saturated heterocycles. The van der Waals surface area contributed by atoms with Crippen molar-refractivity contribution < 1.29 is 4.79 Å². The largest absolute Gasteiger partial charge is 0.356 e. The highest BCUT2D eigenvalue weighted by Crippen LogP contribution is 2.19. The molecule has 27 heavy (non-hydrogen) atoms. The van der Waals surface area contributed by atoms with Crippen LogP contribution in [0.5, 0.6) is 0 Å². The summed E-state index contributed by atoms with van der Waals surface area (Å²) in [7, 11) is 0. The SMILES string of the molecule is CCCCCCNC(=O)C1CCCN(Cc2ccc(-n3ccnc3)cc2)C1. The molecule has 1 aromatic heterocycles. The smallest absolute Gasteiger partial charge is 0.224 e. The Bertz CT molecular complexity index is 681. The number of imidazole rings is 1. The van der Waals surface area contributed by atoms with Crippen LogP contribution in [0.4, 0.5) is 0 Å². The summed E-state index contributed by atoms with van der Waals surface area (Å²) in [5.74, 6) is 0.377. The molecule has 1 unspecified atom stereocenters. The molecule has 1 aliphatic heterocycles. The van der Waals surface area contributed by atoms with Gasteiger partial charge >= 0.3 is 0 Å². The molecule has 0 aliphatic carbocycles. The minimum Gasteiger partial charge on any atom is -0.356 e. The minimum atomic E-state index is 0.134. The zero-order valence-electron chi connectivity index (χ0n) is 16.4. The highest BCUT2D eigenvalue weighted by Gasteiger charge is 2.25. The summed E-state index contributed by atoms with van der Waals surface area (Å²) >= 11 is 0. The van der Waals surface area contributed by atoms with E-state index in [9.17, 15) is 4.79 Å². The standard InChI is InChI=1S/C22H32N4O/c1-2-3-4-5-12-24-22(27)20-7-6-14-25(17-20)16-19-8-10-21(11-9-19)26-15-13-23-18-26/h8-11,13,15,18,20H,2-7,12,14,16-17H2,1H3,(H,24,27). The number of hydrogen-bond acceptors (Lipinski definition) is 3. The second kappa shape index (κ2) is 10.3. The lowest BCUT2D eigenvalue weighted by molar-refractivity contribution is -0.126. The number of carbonyl (C=O) groups excluding carboxylic acids is 1. The summed E-state index contributed by atoms with van der Waals surface area (Å²) in [5.41, 5.74) is 2.41. The topological polar surface area (TPSA) is 50.2 Å². The van der Waals surface area contributed by atoms with E-state index in [-0.39, 0.29) is 11.8 Å². The van der Waals surface area contributed by atoms with Gasteiger partial charge in [0.15, 0.2) is 0 Å². The van der Waals surface area contributed by atoms with Gasteiger partial charge in [0.1, 0.15) is 0 Å². The van der Waals surface area contributed by atoms with Gasteiger partial charge in [0.25, 0.3) is 0 Å². The summed E-state index contributed by atoms with van der Waals surface area (Å²) in [6.07, 6.45) is 12.5. The zero-order chi connectivity index (χ0) is 18.9. The Morgan fingerprint density at radius 2 is 2.07 bits per heavy atom. The maximum atomic E-state index is 12.5. The van der Waals surface area contributed by atoms with Crippen LogP contribution in [-0.2, 0) is 11.3 Å². The van der Waals surface area contributed by atoms with Crippen LogP contribution in [0, 0.1) is 5.92 Å². The number of benzene rings is 1. The Morgan fingerprint density at radius 1 is 1.22 bits per heavy atom. The molecule has 0 radical (unpaired) electrons. The van der Waals surface area contributed by atoms with E-state index in [1.807, 2.05) is 17.1 Å². The number of likely N-dealkylation sites (tertiary alicyclic amines) is 1. The molecule has 1 aromatic carbocycles. The number of nitrogens with zero attached hydrogens (tertiary/aromatic N) is 3. The molecule has 5 nitrogen and oxygen atoms in total. The van der Waals surface area contributed by atoms with E-state index in [0.717, 1.165) is 51.1 Å². The number of hydrogen-bond donors (Lipinski definition) is 1. The van der Waals surface area contributed by atoms with Crippen LogP contribution in [0.15, 0.2) is 43.0 Å². The minimum absolute atomic E-state index is 0.134. The van der Waals surface area contributed by atoms with Gasteiger partial charge < -0.3 is 9.88 Å². The van der Waals surface area contributed by atoms with Crippen LogP contribution in [0.1, 0.15) is 51.0 Å². The van der Waals surface area contributed by atoms with Gasteiger partial charge in [-0.25, -0.2) is 4.98 Å². The number of nitrogens with one attached hydrogen (secondary N) is 1. The van der Waals surface area contributed by atoms with Crippen molar-refractivity contribution in [1.82, 2.24) is 19.8 Å². The monoisotopic (exact) mass is 368 g/mol. The molecule has 1 fully saturated rings. The Labute approximate surface area is 162 Å². The highest BCUT2D eigenvalue weighted by atomic mass is 16.1. The average Bonchev–Trinajstić information content (AvgIpc) is 3.23. The summed E-state index contributed by atoms with van der Waals surface area (Å²) in [6.45, 7) is 5.88. The van der Waals surface area contributed by atoms with Crippen molar-refractivity contribution in [2.75, 3.05) is 19.6 Å². The predicted molar refractivity (Wildman–Crippen MR) is 109 cm³/mol. The Kier molecular flexibility index (Phi) is 7.45. The van der Waals surface area contributed by atoms with E-state index < -0.39 is 0 Å². The van der Waals surface area contributed by atoms with E-state index >= 15 is 0 Å². The van der Waals surface area contributed by atoms with E-state index in [1.165, 1.54) is 24.8 Å². The number of piperidine rings is 1. The maximum absolute atomic E-state index is 12.5. The number of carbonyl (C=O) groups is 1. The molecule has 1 aliphatic rings. The lowest BCUT2D eigenvalue weighted by Crippen LogP contribution is -2.42. The fraction of sp³-hybridized carbons (Fsp3) is 0.545. The fourth-order valence-corrected chi connectivity index (χ4v) is 3.76. The van der Waals surface area contributed by atoms with Gasteiger partial charge in [-0.1, -0.05) is 38.3 Å². The lowest BCUT2D eigenvalue weighted by atomic mass is 9.96. The number of amides is 1. The summed E-state index contributed by atoms with van der Waals surface area (Å²) in [5, 5.41) is 3.14. The summed E-state index contributed by atoms with van der Waals surface area (Å²) < 4.78 is 2.01. The molecule has 146 valence electrons. The van der Waals surface area contributed by atoms with Crippen molar-refractivity contribution in [3.8, 4) is 5.69 Å². The maximum Gasteiger partial charge on any atom is 0.224 e. The zero-order valence-corrected chi connectivity index (χ0v) is 16.4. The van der Waals surface area contributed by atoms with E-state index in [4.69, 9.17) is 0 Å². The van der Waals surface area contributed by atoms with Crippen molar-refractivity contribution in [2.24, 2.45) is 5.92 Å². The summed E-state index contributed by atoms with van der Waals surface area (Å²) in [4.78, 5) is 19.0.